The number of thiophene rings is 1. The van der Waals surface area contributed by atoms with E-state index >= 15 is 0 Å². The average Bonchev–Trinajstić information content (AvgIpc) is 2.76. The number of primary amides is 1. The molecule has 1 aliphatic heterocycles. The number of anilines is 2. The van der Waals surface area contributed by atoms with Gasteiger partial charge in [0.05, 0.1) is 11.3 Å². The highest BCUT2D eigenvalue weighted by Crippen LogP contribution is 2.39. The van der Waals surface area contributed by atoms with E-state index in [4.69, 9.17) is 16.7 Å². The summed E-state index contributed by atoms with van der Waals surface area (Å²) in [5.41, 5.74) is 11.8. The van der Waals surface area contributed by atoms with Gasteiger partial charge < -0.3 is 16.4 Å². The molecule has 0 bridgehead atoms. The number of carbonyl (C=O) groups excluding carboxylic acids is 1. The second kappa shape index (κ2) is 5.49. The molecule has 102 valence electrons. The first-order chi connectivity index (χ1) is 9.08. The van der Waals surface area contributed by atoms with E-state index in [9.17, 15) is 4.79 Å². The standard InChI is InChI=1S/C13H18N4OS/c1-2-8-4-3-5-17(7-8)13-10(12(16)18)11(15)9(6-14)19-13/h8H,2-5,7,15H2,1H3,(H2,16,18). The summed E-state index contributed by atoms with van der Waals surface area (Å²) in [5.74, 6) is 0.0761. The predicted molar refractivity (Wildman–Crippen MR) is 77.2 cm³/mol. The van der Waals surface area contributed by atoms with Crippen LogP contribution in [0.2, 0.25) is 0 Å². The molecule has 0 spiro atoms. The van der Waals surface area contributed by atoms with Crippen molar-refractivity contribution >= 4 is 27.9 Å². The highest BCUT2D eigenvalue weighted by molar-refractivity contribution is 7.17. The molecular formula is C13H18N4OS. The smallest absolute Gasteiger partial charge is 0.253 e. The third kappa shape index (κ3) is 2.51. The van der Waals surface area contributed by atoms with Crippen LogP contribution >= 0.6 is 11.3 Å². The summed E-state index contributed by atoms with van der Waals surface area (Å²) in [7, 11) is 0. The monoisotopic (exact) mass is 278 g/mol. The molecule has 1 aromatic rings. The minimum absolute atomic E-state index is 0.230. The second-order valence-corrected chi connectivity index (χ2v) is 5.86. The van der Waals surface area contributed by atoms with Crippen LogP contribution in [0.25, 0.3) is 0 Å². The lowest BCUT2D eigenvalue weighted by molar-refractivity contribution is 0.100. The summed E-state index contributed by atoms with van der Waals surface area (Å²) in [6.07, 6.45) is 3.43. The Morgan fingerprint density at radius 2 is 2.37 bits per heavy atom. The Balaban J connectivity index is 2.39. The Morgan fingerprint density at radius 1 is 1.63 bits per heavy atom. The van der Waals surface area contributed by atoms with Crippen molar-refractivity contribution in [3.05, 3.63) is 10.4 Å². The number of hydrogen-bond acceptors (Lipinski definition) is 5. The van der Waals surface area contributed by atoms with Crippen LogP contribution in [0.5, 0.6) is 0 Å². The molecule has 6 heteroatoms. The van der Waals surface area contributed by atoms with Gasteiger partial charge in [0, 0.05) is 13.1 Å². The topological polar surface area (TPSA) is 96.1 Å². The van der Waals surface area contributed by atoms with Gasteiger partial charge in [-0.05, 0) is 18.8 Å². The number of piperidine rings is 1. The van der Waals surface area contributed by atoms with E-state index in [0.29, 0.717) is 16.4 Å². The zero-order chi connectivity index (χ0) is 14.0. The third-order valence-corrected chi connectivity index (χ3v) is 4.83. The van der Waals surface area contributed by atoms with Crippen LogP contribution in [0.1, 0.15) is 41.4 Å². The van der Waals surface area contributed by atoms with Crippen molar-refractivity contribution in [1.82, 2.24) is 0 Å². The first-order valence-corrected chi connectivity index (χ1v) is 7.27. The molecule has 0 saturated carbocycles. The summed E-state index contributed by atoms with van der Waals surface area (Å²) in [5, 5.41) is 9.81. The number of carbonyl (C=O) groups is 1. The Bertz CT molecular complexity index is 531. The van der Waals surface area contributed by atoms with Crippen molar-refractivity contribution in [3.63, 3.8) is 0 Å². The summed E-state index contributed by atoms with van der Waals surface area (Å²) in [6, 6.07) is 2.03. The van der Waals surface area contributed by atoms with Gasteiger partial charge in [0.25, 0.3) is 5.91 Å². The summed E-state index contributed by atoms with van der Waals surface area (Å²) < 4.78 is 0. The Hall–Kier alpha value is -1.74. The molecule has 2 rings (SSSR count). The maximum Gasteiger partial charge on any atom is 0.253 e. The second-order valence-electron chi connectivity index (χ2n) is 4.86. The van der Waals surface area contributed by atoms with Gasteiger partial charge >= 0.3 is 0 Å². The number of nitrogens with two attached hydrogens (primary N) is 2. The number of rotatable bonds is 3. The first kappa shape index (κ1) is 13.7. The van der Waals surface area contributed by atoms with E-state index in [1.807, 2.05) is 6.07 Å². The molecule has 2 heterocycles. The van der Waals surface area contributed by atoms with Gasteiger partial charge in [0.2, 0.25) is 0 Å². The van der Waals surface area contributed by atoms with E-state index in [1.54, 1.807) is 0 Å². The SMILES string of the molecule is CCC1CCCN(c2sc(C#N)c(N)c2C(N)=O)C1. The number of amides is 1. The molecule has 1 aliphatic rings. The Labute approximate surface area is 116 Å². The van der Waals surface area contributed by atoms with Crippen molar-refractivity contribution in [2.75, 3.05) is 23.7 Å². The lowest BCUT2D eigenvalue weighted by atomic mass is 9.95. The molecule has 1 unspecified atom stereocenters. The number of nitriles is 1. The maximum absolute atomic E-state index is 11.6. The fourth-order valence-electron chi connectivity index (χ4n) is 2.56. The maximum atomic E-state index is 11.6. The summed E-state index contributed by atoms with van der Waals surface area (Å²) in [4.78, 5) is 14.1. The van der Waals surface area contributed by atoms with Crippen LogP contribution in [0, 0.1) is 17.2 Å². The van der Waals surface area contributed by atoms with Crippen molar-refractivity contribution in [1.29, 1.82) is 5.26 Å². The Morgan fingerprint density at radius 3 is 2.95 bits per heavy atom. The summed E-state index contributed by atoms with van der Waals surface area (Å²) in [6.45, 7) is 3.97. The zero-order valence-electron chi connectivity index (χ0n) is 11.0. The lowest BCUT2D eigenvalue weighted by Gasteiger charge is -2.33. The molecule has 0 aromatic carbocycles. The van der Waals surface area contributed by atoms with E-state index in [0.717, 1.165) is 30.9 Å². The number of nitrogen functional groups attached to an aromatic ring is 1. The highest BCUT2D eigenvalue weighted by atomic mass is 32.1. The molecule has 5 nitrogen and oxygen atoms in total. The van der Waals surface area contributed by atoms with Crippen LogP contribution in [0.3, 0.4) is 0 Å². The van der Waals surface area contributed by atoms with Crippen LogP contribution in [0.15, 0.2) is 0 Å². The molecule has 0 aliphatic carbocycles. The van der Waals surface area contributed by atoms with Gasteiger partial charge in [-0.2, -0.15) is 5.26 Å². The molecule has 1 atom stereocenters. The molecule has 1 amide bonds. The van der Waals surface area contributed by atoms with Crippen molar-refractivity contribution < 1.29 is 4.79 Å². The van der Waals surface area contributed by atoms with Crippen LogP contribution in [0.4, 0.5) is 10.7 Å². The lowest BCUT2D eigenvalue weighted by Crippen LogP contribution is -2.35. The number of hydrogen-bond donors (Lipinski definition) is 2. The van der Waals surface area contributed by atoms with Gasteiger partial charge in [-0.25, -0.2) is 0 Å². The van der Waals surface area contributed by atoms with E-state index in [2.05, 4.69) is 11.8 Å². The van der Waals surface area contributed by atoms with Crippen molar-refractivity contribution in [2.24, 2.45) is 11.7 Å². The largest absolute Gasteiger partial charge is 0.396 e. The Kier molecular flexibility index (Phi) is 3.96. The van der Waals surface area contributed by atoms with Gasteiger partial charge in [-0.15, -0.1) is 11.3 Å². The first-order valence-electron chi connectivity index (χ1n) is 6.45. The fraction of sp³-hybridized carbons (Fsp3) is 0.538. The molecule has 0 radical (unpaired) electrons. The minimum Gasteiger partial charge on any atom is -0.396 e. The van der Waals surface area contributed by atoms with Gasteiger partial charge in [0.1, 0.15) is 15.9 Å². The predicted octanol–water partition coefficient (Wildman–Crippen LogP) is 1.93. The van der Waals surface area contributed by atoms with Gasteiger partial charge in [-0.1, -0.05) is 13.3 Å². The quantitative estimate of drug-likeness (QED) is 0.883. The van der Waals surface area contributed by atoms with E-state index < -0.39 is 5.91 Å². The normalized spacial score (nSPS) is 19.2. The van der Waals surface area contributed by atoms with E-state index in [-0.39, 0.29) is 5.69 Å². The average molecular weight is 278 g/mol. The number of nitrogens with zero attached hydrogens (tertiary/aromatic N) is 2. The molecule has 1 fully saturated rings. The molecular weight excluding hydrogens is 260 g/mol. The molecule has 1 aromatic heterocycles. The molecule has 4 N–H and O–H groups in total. The van der Waals surface area contributed by atoms with Crippen LogP contribution in [-0.4, -0.2) is 19.0 Å². The third-order valence-electron chi connectivity index (χ3n) is 3.66. The molecule has 1 saturated heterocycles. The van der Waals surface area contributed by atoms with Gasteiger partial charge in [0.15, 0.2) is 0 Å². The van der Waals surface area contributed by atoms with Gasteiger partial charge in [-0.3, -0.25) is 4.79 Å². The highest BCUT2D eigenvalue weighted by Gasteiger charge is 2.27. The van der Waals surface area contributed by atoms with Crippen molar-refractivity contribution in [2.45, 2.75) is 26.2 Å². The van der Waals surface area contributed by atoms with Crippen LogP contribution < -0.4 is 16.4 Å². The van der Waals surface area contributed by atoms with E-state index in [1.165, 1.54) is 17.8 Å². The van der Waals surface area contributed by atoms with Crippen molar-refractivity contribution in [3.8, 4) is 6.07 Å². The summed E-state index contributed by atoms with van der Waals surface area (Å²) >= 11 is 1.27. The molecule has 19 heavy (non-hydrogen) atoms. The zero-order valence-corrected chi connectivity index (χ0v) is 11.8. The fourth-order valence-corrected chi connectivity index (χ4v) is 3.62. The van der Waals surface area contributed by atoms with Crippen LogP contribution in [-0.2, 0) is 0 Å². The minimum atomic E-state index is -0.552.